The van der Waals surface area contributed by atoms with E-state index in [0.29, 0.717) is 46.7 Å². The van der Waals surface area contributed by atoms with Crippen molar-refractivity contribution in [2.24, 2.45) is 5.41 Å². The van der Waals surface area contributed by atoms with Gasteiger partial charge in [0.15, 0.2) is 0 Å². The molecule has 0 spiro atoms. The van der Waals surface area contributed by atoms with Gasteiger partial charge in [-0.2, -0.15) is 10.5 Å². The number of ether oxygens (including phenoxy) is 2. The number of esters is 1. The molecule has 11 heteroatoms. The fourth-order valence-electron chi connectivity index (χ4n) is 5.38. The fourth-order valence-corrected chi connectivity index (χ4v) is 5.38. The molecule has 0 radical (unpaired) electrons. The maximum absolute atomic E-state index is 14.3. The Hall–Kier alpha value is -5.52. The first-order chi connectivity index (χ1) is 21.8. The number of allylic oxidation sites excluding steroid dienone is 2. The van der Waals surface area contributed by atoms with Crippen molar-refractivity contribution in [3.63, 3.8) is 0 Å². The molecule has 3 heterocycles. The molecule has 2 aromatic heterocycles. The van der Waals surface area contributed by atoms with Crippen molar-refractivity contribution in [3.8, 4) is 18.0 Å². The van der Waals surface area contributed by atoms with Crippen molar-refractivity contribution < 1.29 is 23.8 Å². The number of hydrogen-bond donors (Lipinski definition) is 1. The van der Waals surface area contributed by atoms with Gasteiger partial charge >= 0.3 is 5.97 Å². The molecule has 4 aromatic rings. The molecular formula is C34H29FN6O4. The van der Waals surface area contributed by atoms with E-state index in [1.807, 2.05) is 16.7 Å². The third-order valence-corrected chi connectivity index (χ3v) is 8.17. The standard InChI is InChI=1S/C34H29FN6O4/c1-44-33(43)24-7-8-28-29(16-24)41(21-34(10-11-34)12-13-36)30(38-28)19-40-14-9-23(17-32(40)42)27-3-2-4-31(39-27)45-20-25-6-5-22(18-37)15-26(25)35/h2-9,14-17,32,42H,10-12,19-21H2,1H3. The number of pyridine rings is 1. The summed E-state index contributed by atoms with van der Waals surface area (Å²) in [5.74, 6) is 0.0104. The van der Waals surface area contributed by atoms with Crippen LogP contribution in [0.25, 0.3) is 16.6 Å². The van der Waals surface area contributed by atoms with Gasteiger partial charge in [-0.15, -0.1) is 0 Å². The van der Waals surface area contributed by atoms with Crippen LogP contribution in [0, 0.1) is 33.9 Å². The smallest absolute Gasteiger partial charge is 0.337 e. The van der Waals surface area contributed by atoms with Crippen LogP contribution < -0.4 is 4.74 Å². The zero-order valence-corrected chi connectivity index (χ0v) is 24.5. The van der Waals surface area contributed by atoms with Gasteiger partial charge in [-0.05, 0) is 61.4 Å². The second-order valence-corrected chi connectivity index (χ2v) is 11.2. The highest BCUT2D eigenvalue weighted by Gasteiger charge is 2.43. The number of rotatable bonds is 10. The van der Waals surface area contributed by atoms with Crippen molar-refractivity contribution in [3.05, 3.63) is 107 Å². The zero-order chi connectivity index (χ0) is 31.6. The van der Waals surface area contributed by atoms with Crippen LogP contribution in [0.3, 0.4) is 0 Å². The van der Waals surface area contributed by atoms with Crippen molar-refractivity contribution in [2.45, 2.75) is 45.2 Å². The summed E-state index contributed by atoms with van der Waals surface area (Å²) in [6, 6.07) is 18.8. The molecule has 1 unspecified atom stereocenters. The zero-order valence-electron chi connectivity index (χ0n) is 24.5. The number of nitrogens with zero attached hydrogens (tertiary/aromatic N) is 6. The highest BCUT2D eigenvalue weighted by molar-refractivity contribution is 5.93. The van der Waals surface area contributed by atoms with E-state index in [1.165, 1.54) is 19.2 Å². The summed E-state index contributed by atoms with van der Waals surface area (Å²) in [6.07, 6.45) is 6.59. The number of aliphatic hydroxyl groups is 1. The number of methoxy groups -OCH3 is 1. The molecule has 0 saturated heterocycles. The van der Waals surface area contributed by atoms with Gasteiger partial charge in [0.25, 0.3) is 0 Å². The first-order valence-corrected chi connectivity index (χ1v) is 14.4. The second kappa shape index (κ2) is 12.2. The quantitative estimate of drug-likeness (QED) is 0.241. The van der Waals surface area contributed by atoms with E-state index in [2.05, 4.69) is 11.1 Å². The molecule has 1 atom stereocenters. The van der Waals surface area contributed by atoms with Crippen LogP contribution in [0.2, 0.25) is 0 Å². The van der Waals surface area contributed by atoms with Crippen LogP contribution >= 0.6 is 0 Å². The summed E-state index contributed by atoms with van der Waals surface area (Å²) in [4.78, 5) is 23.4. The molecule has 1 aliphatic heterocycles. The molecule has 6 rings (SSSR count). The van der Waals surface area contributed by atoms with Crippen LogP contribution in [-0.2, 0) is 24.4 Å². The third-order valence-electron chi connectivity index (χ3n) is 8.17. The number of carbonyl (C=O) groups excluding carboxylic acids is 1. The Labute approximate surface area is 258 Å². The van der Waals surface area contributed by atoms with E-state index in [9.17, 15) is 19.6 Å². The molecule has 2 aromatic carbocycles. The largest absolute Gasteiger partial charge is 0.473 e. The third kappa shape index (κ3) is 6.26. The molecule has 0 bridgehead atoms. The minimum atomic E-state index is -0.989. The highest BCUT2D eigenvalue weighted by Crippen LogP contribution is 2.50. The lowest BCUT2D eigenvalue weighted by molar-refractivity contribution is 0.0600. The van der Waals surface area contributed by atoms with Gasteiger partial charge in [0.2, 0.25) is 5.88 Å². The summed E-state index contributed by atoms with van der Waals surface area (Å²) in [6.45, 7) is 0.797. The van der Waals surface area contributed by atoms with Crippen LogP contribution in [-0.4, -0.2) is 43.8 Å². The van der Waals surface area contributed by atoms with E-state index < -0.39 is 18.0 Å². The Morgan fingerprint density at radius 3 is 2.71 bits per heavy atom. The van der Waals surface area contributed by atoms with Crippen molar-refractivity contribution in [2.75, 3.05) is 7.11 Å². The molecule has 45 heavy (non-hydrogen) atoms. The lowest BCUT2D eigenvalue weighted by Crippen LogP contribution is -2.32. The van der Waals surface area contributed by atoms with Gasteiger partial charge in [-0.25, -0.2) is 19.2 Å². The van der Waals surface area contributed by atoms with Crippen LogP contribution in [0.5, 0.6) is 5.88 Å². The monoisotopic (exact) mass is 604 g/mol. The van der Waals surface area contributed by atoms with E-state index in [-0.39, 0.29) is 30.0 Å². The van der Waals surface area contributed by atoms with Gasteiger partial charge in [-0.1, -0.05) is 12.1 Å². The van der Waals surface area contributed by atoms with E-state index in [1.54, 1.807) is 53.6 Å². The molecule has 0 amide bonds. The average molecular weight is 605 g/mol. The lowest BCUT2D eigenvalue weighted by atomic mass is 10.0. The number of fused-ring (bicyclic) bond motifs is 1. The van der Waals surface area contributed by atoms with Gasteiger partial charge in [0.05, 0.1) is 53.6 Å². The fraction of sp³-hybridized carbons (Fsp3) is 0.265. The summed E-state index contributed by atoms with van der Waals surface area (Å²) >= 11 is 0. The number of carbonyl (C=O) groups is 1. The molecule has 226 valence electrons. The number of nitriles is 2. The van der Waals surface area contributed by atoms with Crippen molar-refractivity contribution in [1.29, 1.82) is 10.5 Å². The normalized spacial score (nSPS) is 16.5. The Balaban J connectivity index is 1.20. The van der Waals surface area contributed by atoms with Crippen molar-refractivity contribution >= 4 is 22.6 Å². The predicted octanol–water partition coefficient (Wildman–Crippen LogP) is 5.23. The van der Waals surface area contributed by atoms with Gasteiger partial charge in [-0.3, -0.25) is 0 Å². The maximum atomic E-state index is 14.3. The number of halogens is 1. The molecule has 1 aliphatic carbocycles. The molecule has 1 fully saturated rings. The molecular weight excluding hydrogens is 575 g/mol. The second-order valence-electron chi connectivity index (χ2n) is 11.2. The Bertz CT molecular complexity index is 1930. The Kier molecular flexibility index (Phi) is 8.03. The molecule has 2 aliphatic rings. The summed E-state index contributed by atoms with van der Waals surface area (Å²) in [7, 11) is 1.34. The van der Waals surface area contributed by atoms with E-state index >= 15 is 0 Å². The minimum absolute atomic E-state index is 0.0585. The van der Waals surface area contributed by atoms with Crippen molar-refractivity contribution in [1.82, 2.24) is 19.4 Å². The first kappa shape index (κ1) is 29.5. The highest BCUT2D eigenvalue weighted by atomic mass is 19.1. The molecule has 1 saturated carbocycles. The SMILES string of the molecule is COC(=O)c1ccc2nc(CN3C=CC(c4cccc(OCc5ccc(C#N)cc5F)n4)=CC3O)n(CC3(CC#N)CC3)c2c1. The van der Waals surface area contributed by atoms with Gasteiger partial charge in [0, 0.05) is 41.8 Å². The Morgan fingerprint density at radius 1 is 1.16 bits per heavy atom. The Morgan fingerprint density at radius 2 is 2.00 bits per heavy atom. The molecule has 1 N–H and O–H groups in total. The lowest BCUT2D eigenvalue weighted by Gasteiger charge is -2.28. The van der Waals surface area contributed by atoms with Crippen LogP contribution in [0.4, 0.5) is 4.39 Å². The number of aromatic nitrogens is 3. The van der Waals surface area contributed by atoms with Crippen LogP contribution in [0.15, 0.2) is 72.9 Å². The predicted molar refractivity (Wildman–Crippen MR) is 161 cm³/mol. The topological polar surface area (TPSA) is 137 Å². The number of benzene rings is 2. The maximum Gasteiger partial charge on any atom is 0.337 e. The summed E-state index contributed by atoms with van der Waals surface area (Å²) < 4.78 is 27.0. The number of hydrogen-bond acceptors (Lipinski definition) is 9. The first-order valence-electron chi connectivity index (χ1n) is 14.4. The number of imidazole rings is 1. The van der Waals surface area contributed by atoms with Gasteiger partial charge in [0.1, 0.15) is 24.5 Å². The van der Waals surface area contributed by atoms with Gasteiger partial charge < -0.3 is 24.0 Å². The summed E-state index contributed by atoms with van der Waals surface area (Å²) in [5, 5.41) is 29.5. The van der Waals surface area contributed by atoms with E-state index in [0.717, 1.165) is 24.4 Å². The van der Waals surface area contributed by atoms with Crippen LogP contribution in [0.1, 0.15) is 52.3 Å². The van der Waals surface area contributed by atoms with E-state index in [4.69, 9.17) is 19.7 Å². The summed E-state index contributed by atoms with van der Waals surface area (Å²) in [5.41, 5.74) is 3.53. The number of aliphatic hydroxyl groups excluding tert-OH is 1. The molecule has 10 nitrogen and oxygen atoms in total. The average Bonchev–Trinajstić information content (AvgIpc) is 3.74. The minimum Gasteiger partial charge on any atom is -0.473 e.